The first-order valence-electron chi connectivity index (χ1n) is 17.3. The minimum absolute atomic E-state index is 0.112. The number of phenols is 1. The van der Waals surface area contributed by atoms with Crippen LogP contribution in [0, 0.1) is 24.7 Å². The molecule has 6 aliphatic heterocycles. The van der Waals surface area contributed by atoms with E-state index >= 15 is 0 Å². The van der Waals surface area contributed by atoms with Gasteiger partial charge in [-0.25, -0.2) is 0 Å². The third-order valence-electron chi connectivity index (χ3n) is 11.6. The highest BCUT2D eigenvalue weighted by Crippen LogP contribution is 2.72. The lowest BCUT2D eigenvalue weighted by Gasteiger charge is -2.51. The molecule has 1 N–H and O–H groups in total. The van der Waals surface area contributed by atoms with Gasteiger partial charge in [-0.3, -0.25) is 4.79 Å². The lowest BCUT2D eigenvalue weighted by atomic mass is 9.78. The van der Waals surface area contributed by atoms with E-state index in [1.165, 1.54) is 0 Å². The van der Waals surface area contributed by atoms with Gasteiger partial charge in [0.25, 0.3) is 11.6 Å². The van der Waals surface area contributed by atoms with Gasteiger partial charge in [0.2, 0.25) is 11.9 Å². The van der Waals surface area contributed by atoms with E-state index in [9.17, 15) is 9.90 Å². The summed E-state index contributed by atoms with van der Waals surface area (Å²) >= 11 is 0. The van der Waals surface area contributed by atoms with E-state index in [1.54, 1.807) is 7.11 Å². The lowest BCUT2D eigenvalue weighted by molar-refractivity contribution is -0.384. The van der Waals surface area contributed by atoms with Crippen LogP contribution in [0.1, 0.15) is 86.0 Å². The van der Waals surface area contributed by atoms with Crippen molar-refractivity contribution in [2.75, 3.05) is 33.5 Å². The summed E-state index contributed by atoms with van der Waals surface area (Å²) < 4.78 is 59.1. The number of benzene rings is 2. The molecule has 6 heterocycles. The molecular weight excluding hydrogens is 608 g/mol. The molecule has 47 heavy (non-hydrogen) atoms. The smallest absolute Gasteiger partial charge is 0.279 e. The molecule has 11 nitrogen and oxygen atoms in total. The minimum Gasteiger partial charge on any atom is -0.506 e. The number of hydrogen-bond acceptors (Lipinski definition) is 11. The number of Topliss-reactive ketones (excluding diaryl/α,β-unsaturated/α-hetero) is 1. The number of rotatable bonds is 6. The quantitative estimate of drug-likeness (QED) is 0.413. The number of epoxide rings is 1. The van der Waals surface area contributed by atoms with Crippen molar-refractivity contribution < 1.29 is 52.5 Å². The second-order valence-electron chi connectivity index (χ2n) is 14.9. The Kier molecular flexibility index (Phi) is 6.82. The normalized spacial score (nSPS) is 38.9. The first kappa shape index (κ1) is 30.5. The Balaban J connectivity index is 1.22. The van der Waals surface area contributed by atoms with Crippen molar-refractivity contribution in [1.82, 2.24) is 0 Å². The molecule has 254 valence electrons. The van der Waals surface area contributed by atoms with Gasteiger partial charge in [-0.2, -0.15) is 0 Å². The summed E-state index contributed by atoms with van der Waals surface area (Å²) in [5, 5.41) is 13.0. The Labute approximate surface area is 274 Å². The van der Waals surface area contributed by atoms with Crippen molar-refractivity contribution in [2.45, 2.75) is 108 Å². The number of hydrogen-bond donors (Lipinski definition) is 1. The highest BCUT2D eigenvalue weighted by atomic mass is 16.9. The number of ether oxygens (including phenoxy) is 9. The zero-order chi connectivity index (χ0) is 32.5. The summed E-state index contributed by atoms with van der Waals surface area (Å²) in [5.74, 6) is -0.910. The fourth-order valence-electron chi connectivity index (χ4n) is 9.33. The average molecular weight is 653 g/mol. The molecule has 11 heteroatoms. The van der Waals surface area contributed by atoms with E-state index < -0.39 is 42.0 Å². The van der Waals surface area contributed by atoms with Crippen LogP contribution in [0.15, 0.2) is 6.07 Å². The number of fused-ring (bicyclic) bond motifs is 8. The summed E-state index contributed by atoms with van der Waals surface area (Å²) in [4.78, 5) is 13.3. The number of methoxy groups -OCH3 is 1. The minimum atomic E-state index is -1.53. The Morgan fingerprint density at radius 2 is 1.89 bits per heavy atom. The van der Waals surface area contributed by atoms with Crippen LogP contribution in [0.3, 0.4) is 0 Å². The van der Waals surface area contributed by atoms with Gasteiger partial charge in [-0.1, -0.05) is 20.8 Å². The maximum absolute atomic E-state index is 13.3. The van der Waals surface area contributed by atoms with Gasteiger partial charge in [0.15, 0.2) is 18.2 Å². The molecule has 2 aromatic rings. The van der Waals surface area contributed by atoms with Crippen molar-refractivity contribution in [3.05, 3.63) is 28.3 Å². The van der Waals surface area contributed by atoms with E-state index in [0.717, 1.165) is 24.0 Å². The van der Waals surface area contributed by atoms with Crippen LogP contribution in [-0.4, -0.2) is 80.3 Å². The van der Waals surface area contributed by atoms with Gasteiger partial charge in [0.1, 0.15) is 23.4 Å². The van der Waals surface area contributed by atoms with Crippen LogP contribution in [0.2, 0.25) is 0 Å². The molecule has 5 saturated heterocycles. The van der Waals surface area contributed by atoms with Crippen LogP contribution >= 0.6 is 0 Å². The first-order chi connectivity index (χ1) is 22.6. The van der Waals surface area contributed by atoms with Crippen molar-refractivity contribution in [1.29, 1.82) is 0 Å². The van der Waals surface area contributed by atoms with Crippen molar-refractivity contribution in [3.63, 3.8) is 0 Å². The second-order valence-corrected chi connectivity index (χ2v) is 14.9. The molecule has 1 spiro atoms. The summed E-state index contributed by atoms with van der Waals surface area (Å²) in [6.07, 6.45) is 1.32. The van der Waals surface area contributed by atoms with Gasteiger partial charge in [-0.05, 0) is 62.0 Å². The zero-order valence-electron chi connectivity index (χ0n) is 27.7. The van der Waals surface area contributed by atoms with Gasteiger partial charge in [-0.15, -0.1) is 0 Å². The van der Waals surface area contributed by atoms with Crippen molar-refractivity contribution in [2.24, 2.45) is 17.8 Å². The summed E-state index contributed by atoms with van der Waals surface area (Å²) in [5.41, 5.74) is 1.37. The molecule has 1 aliphatic carbocycles. The average Bonchev–Trinajstić information content (AvgIpc) is 3.71. The fraction of sp³-hybridized carbons (Fsp3) is 0.694. The summed E-state index contributed by atoms with van der Waals surface area (Å²) in [6, 6.07) is 1.98. The summed E-state index contributed by atoms with van der Waals surface area (Å²) in [6.45, 7) is 10.5. The molecule has 5 unspecified atom stereocenters. The third kappa shape index (κ3) is 3.96. The molecule has 0 saturated carbocycles. The van der Waals surface area contributed by atoms with Gasteiger partial charge in [0.05, 0.1) is 44.5 Å². The molecule has 0 radical (unpaired) electrons. The third-order valence-corrected chi connectivity index (χ3v) is 11.6. The Morgan fingerprint density at radius 1 is 1.11 bits per heavy atom. The van der Waals surface area contributed by atoms with Gasteiger partial charge >= 0.3 is 0 Å². The van der Waals surface area contributed by atoms with E-state index in [4.69, 9.17) is 42.6 Å². The van der Waals surface area contributed by atoms with E-state index in [1.807, 2.05) is 13.0 Å². The maximum Gasteiger partial charge on any atom is 0.279 e. The fourth-order valence-corrected chi connectivity index (χ4v) is 9.33. The molecule has 7 aliphatic rings. The predicted molar refractivity (Wildman–Crippen MR) is 166 cm³/mol. The lowest BCUT2D eigenvalue weighted by Crippen LogP contribution is -2.71. The molecule has 2 aromatic carbocycles. The number of phenolic OH excluding ortho intramolecular Hbond substituents is 1. The Morgan fingerprint density at radius 3 is 2.60 bits per heavy atom. The summed E-state index contributed by atoms with van der Waals surface area (Å²) in [7, 11) is 1.60. The van der Waals surface area contributed by atoms with E-state index in [0.29, 0.717) is 96.7 Å². The van der Waals surface area contributed by atoms with Crippen LogP contribution in [0.25, 0.3) is 10.8 Å². The second kappa shape index (κ2) is 10.5. The molecule has 9 rings (SSSR count). The van der Waals surface area contributed by atoms with Crippen molar-refractivity contribution >= 4 is 16.6 Å². The van der Waals surface area contributed by atoms with Crippen LogP contribution in [0.5, 0.6) is 17.2 Å². The zero-order valence-corrected chi connectivity index (χ0v) is 27.7. The van der Waals surface area contributed by atoms with Crippen LogP contribution in [0.4, 0.5) is 0 Å². The SMILES string of the molecule is COc1c2c(c(O)c3c4c(c(C)cc13)C1O[C@]3(C5OCCCO5)OC1[C@](O[C@@H]1CC(C)C(CC(C)C)CO1)(O4)C31CO1)C(=O)CCC2. The number of carbonyl (C=O) groups is 1. The highest BCUT2D eigenvalue weighted by molar-refractivity contribution is 6.11. The molecular formula is C36H44O11. The maximum atomic E-state index is 13.3. The topological polar surface area (TPSA) is 124 Å². The number of carbonyl (C=O) groups excluding carboxylic acids is 1. The van der Waals surface area contributed by atoms with Gasteiger partial charge in [0, 0.05) is 29.4 Å². The number of aromatic hydroxyl groups is 1. The van der Waals surface area contributed by atoms with Gasteiger partial charge < -0.3 is 47.7 Å². The number of aryl methyl sites for hydroxylation is 1. The molecule has 0 aromatic heterocycles. The first-order valence-corrected chi connectivity index (χ1v) is 17.3. The Hall–Kier alpha value is -2.51. The van der Waals surface area contributed by atoms with Crippen LogP contribution < -0.4 is 9.47 Å². The molecule has 5 fully saturated rings. The standard InChI is InChI=1S/C36H44O11/c1-17(2)12-20-15-42-24(14-18(20)3)44-35-32-31(46-36(47-32,34(35)16-43-34)33-40-10-7-11-41-33)25-19(4)13-22-27(30(25)45-35)28(38)26-21(29(22)39-5)8-6-9-23(26)37/h13,17-18,20,24,31-33,38H,6-12,14-16H2,1-5H3/t18?,20?,24-,31?,32?,34?,35+,36-/m1/s1. The largest absolute Gasteiger partial charge is 0.506 e. The van der Waals surface area contributed by atoms with Crippen molar-refractivity contribution in [3.8, 4) is 17.2 Å². The molecule has 2 bridgehead atoms. The Bertz CT molecular complexity index is 1640. The molecule has 0 amide bonds. The highest BCUT2D eigenvalue weighted by Gasteiger charge is 2.94. The molecule has 8 atom stereocenters. The monoisotopic (exact) mass is 652 g/mol. The van der Waals surface area contributed by atoms with E-state index in [2.05, 4.69) is 20.8 Å². The number of ketones is 1. The van der Waals surface area contributed by atoms with Crippen LogP contribution in [-0.2, 0) is 39.6 Å². The predicted octanol–water partition coefficient (Wildman–Crippen LogP) is 5.23. The van der Waals surface area contributed by atoms with E-state index in [-0.39, 0.29) is 18.1 Å².